The molecule has 0 bridgehead atoms. The number of aryl methyl sites for hydroxylation is 1. The minimum Gasteiger partial charge on any atom is -0.346 e. The number of nitrogens with zero attached hydrogens (tertiary/aromatic N) is 4. The molecule has 1 saturated carbocycles. The molecule has 40 heavy (non-hydrogen) atoms. The molecule has 3 atom stereocenters. The van der Waals surface area contributed by atoms with E-state index in [1.807, 2.05) is 5.01 Å². The third kappa shape index (κ3) is 5.69. The molecule has 3 N–H and O–H groups in total. The summed E-state index contributed by atoms with van der Waals surface area (Å²) in [5, 5.41) is 15.5. The summed E-state index contributed by atoms with van der Waals surface area (Å²) in [5.74, 6) is -2.68. The molecule has 5 rings (SSSR count). The van der Waals surface area contributed by atoms with E-state index in [1.54, 1.807) is 18.1 Å². The standard InChI is InChI=1S/C27H33F2N7O4/c1-15(13-28)30-26(39)21-12-22(34(2)33-21)31-23(37)11-18(16-7-8-16)25(38)32-24-17-5-3-6-20(29)19(17)14-35-9-4-10-36(35)27(24)40/h3,5-6,12,15-16,18,24H,4,7-11,13-14H2,1-2H3,(H,30,39)(H,31,37)(H,32,38)/t15-,18-,24-/m0/s1. The Kier molecular flexibility index (Phi) is 7.83. The Balaban J connectivity index is 1.29. The van der Waals surface area contributed by atoms with Gasteiger partial charge in [0.25, 0.3) is 11.8 Å². The highest BCUT2D eigenvalue weighted by molar-refractivity contribution is 5.97. The van der Waals surface area contributed by atoms with Gasteiger partial charge in [-0.15, -0.1) is 0 Å². The lowest BCUT2D eigenvalue weighted by atomic mass is 9.95. The molecule has 2 aliphatic heterocycles. The van der Waals surface area contributed by atoms with E-state index in [0.717, 1.165) is 19.3 Å². The third-order valence-electron chi connectivity index (χ3n) is 7.64. The molecule has 11 nitrogen and oxygen atoms in total. The van der Waals surface area contributed by atoms with Gasteiger partial charge in [-0.3, -0.25) is 28.9 Å². The van der Waals surface area contributed by atoms with Crippen molar-refractivity contribution in [3.05, 3.63) is 46.9 Å². The van der Waals surface area contributed by atoms with E-state index in [0.29, 0.717) is 24.2 Å². The number of carbonyl (C=O) groups is 4. The Hall–Kier alpha value is -3.87. The highest BCUT2D eigenvalue weighted by Gasteiger charge is 2.42. The van der Waals surface area contributed by atoms with Crippen LogP contribution in [0.5, 0.6) is 0 Å². The van der Waals surface area contributed by atoms with Gasteiger partial charge in [0.05, 0.1) is 6.04 Å². The van der Waals surface area contributed by atoms with Gasteiger partial charge in [-0.1, -0.05) is 12.1 Å². The molecule has 0 spiro atoms. The average molecular weight is 558 g/mol. The van der Waals surface area contributed by atoms with Crippen molar-refractivity contribution in [3.8, 4) is 0 Å². The predicted octanol–water partition coefficient (Wildman–Crippen LogP) is 1.82. The van der Waals surface area contributed by atoms with Crippen LogP contribution in [0.1, 0.15) is 60.3 Å². The zero-order valence-electron chi connectivity index (χ0n) is 22.5. The first kappa shape index (κ1) is 27.7. The van der Waals surface area contributed by atoms with Gasteiger partial charge in [0.15, 0.2) is 5.69 Å². The maximum atomic E-state index is 14.8. The lowest BCUT2D eigenvalue weighted by Crippen LogP contribution is -2.47. The minimum atomic E-state index is -1.06. The molecule has 0 unspecified atom stereocenters. The van der Waals surface area contributed by atoms with Crippen LogP contribution in [0.15, 0.2) is 24.3 Å². The molecule has 1 aromatic carbocycles. The normalized spacial score (nSPS) is 20.2. The van der Waals surface area contributed by atoms with E-state index in [2.05, 4.69) is 21.0 Å². The second-order valence-corrected chi connectivity index (χ2v) is 10.7. The minimum absolute atomic E-state index is 0.0167. The quantitative estimate of drug-likeness (QED) is 0.432. The molecule has 214 valence electrons. The van der Waals surface area contributed by atoms with Crippen molar-refractivity contribution in [2.45, 2.75) is 51.2 Å². The molecule has 0 radical (unpaired) electrons. The number of anilines is 1. The SMILES string of the molecule is C[C@@H](CF)NC(=O)c1cc(NC(=O)C[C@H](C(=O)N[C@@H]2C(=O)N3CCCN3Cc3c(F)cccc32)C2CC2)n(C)n1. The lowest BCUT2D eigenvalue weighted by Gasteiger charge is -2.28. The van der Waals surface area contributed by atoms with E-state index in [4.69, 9.17) is 0 Å². The van der Waals surface area contributed by atoms with Crippen LogP contribution in [0.25, 0.3) is 0 Å². The maximum Gasteiger partial charge on any atom is 0.272 e. The molecule has 2 fully saturated rings. The summed E-state index contributed by atoms with van der Waals surface area (Å²) in [7, 11) is 1.55. The Bertz CT molecular complexity index is 1330. The fourth-order valence-corrected chi connectivity index (χ4v) is 5.34. The number of aromatic nitrogens is 2. The topological polar surface area (TPSA) is 129 Å². The fraction of sp³-hybridized carbons (Fsp3) is 0.519. The first-order valence-corrected chi connectivity index (χ1v) is 13.5. The number of rotatable bonds is 9. The van der Waals surface area contributed by atoms with Crippen LogP contribution in [0, 0.1) is 17.7 Å². The first-order valence-electron chi connectivity index (χ1n) is 13.5. The summed E-state index contributed by atoms with van der Waals surface area (Å²) in [4.78, 5) is 52.3. The van der Waals surface area contributed by atoms with Gasteiger partial charge in [0.2, 0.25) is 11.8 Å². The van der Waals surface area contributed by atoms with E-state index < -0.39 is 48.2 Å². The molecule has 1 saturated heterocycles. The van der Waals surface area contributed by atoms with Gasteiger partial charge in [-0.25, -0.2) is 13.8 Å². The van der Waals surface area contributed by atoms with Crippen LogP contribution in [-0.2, 0) is 28.0 Å². The zero-order valence-corrected chi connectivity index (χ0v) is 22.5. The highest BCUT2D eigenvalue weighted by Crippen LogP contribution is 2.40. The number of halogens is 2. The van der Waals surface area contributed by atoms with Crippen molar-refractivity contribution in [1.29, 1.82) is 0 Å². The summed E-state index contributed by atoms with van der Waals surface area (Å²) in [5.41, 5.74) is 0.820. The Morgan fingerprint density at radius 2 is 1.98 bits per heavy atom. The van der Waals surface area contributed by atoms with E-state index in [-0.39, 0.29) is 36.3 Å². The van der Waals surface area contributed by atoms with Crippen LogP contribution >= 0.6 is 0 Å². The molecular formula is C27H33F2N7O4. The molecule has 1 aliphatic carbocycles. The second kappa shape index (κ2) is 11.3. The second-order valence-electron chi connectivity index (χ2n) is 10.7. The molecule has 13 heteroatoms. The molecule has 3 aliphatic rings. The van der Waals surface area contributed by atoms with Gasteiger partial charge >= 0.3 is 0 Å². The van der Waals surface area contributed by atoms with E-state index in [1.165, 1.54) is 29.8 Å². The Morgan fingerprint density at radius 1 is 1.20 bits per heavy atom. The summed E-state index contributed by atoms with van der Waals surface area (Å²) in [6.07, 6.45) is 2.16. The number of hydrazine groups is 1. The summed E-state index contributed by atoms with van der Waals surface area (Å²) >= 11 is 0. The van der Waals surface area contributed by atoms with Gasteiger partial charge in [0.1, 0.15) is 24.4 Å². The van der Waals surface area contributed by atoms with Crippen molar-refractivity contribution in [3.63, 3.8) is 0 Å². The maximum absolute atomic E-state index is 14.8. The largest absolute Gasteiger partial charge is 0.346 e. The van der Waals surface area contributed by atoms with Crippen molar-refractivity contribution in [1.82, 2.24) is 30.4 Å². The zero-order chi connectivity index (χ0) is 28.6. The predicted molar refractivity (Wildman–Crippen MR) is 140 cm³/mol. The number of alkyl halides is 1. The van der Waals surface area contributed by atoms with Gasteiger partial charge < -0.3 is 16.0 Å². The summed E-state index contributed by atoms with van der Waals surface area (Å²) in [6, 6.07) is 4.17. The molecule has 1 aromatic heterocycles. The number of hydrogen-bond donors (Lipinski definition) is 3. The number of hydrogen-bond acceptors (Lipinski definition) is 6. The van der Waals surface area contributed by atoms with Gasteiger partial charge in [-0.05, 0) is 43.7 Å². The average Bonchev–Trinajstić information content (AvgIpc) is 3.57. The van der Waals surface area contributed by atoms with Crippen molar-refractivity contribution in [2.75, 3.05) is 25.1 Å². The lowest BCUT2D eigenvalue weighted by molar-refractivity contribution is -0.148. The molecule has 2 aromatic rings. The Morgan fingerprint density at radius 3 is 2.70 bits per heavy atom. The summed E-state index contributed by atoms with van der Waals surface area (Å²) < 4.78 is 28.9. The number of amides is 4. The third-order valence-corrected chi connectivity index (χ3v) is 7.64. The number of carbonyl (C=O) groups excluding carboxylic acids is 4. The summed E-state index contributed by atoms with van der Waals surface area (Å²) in [6.45, 7) is 2.15. The Labute approximate surface area is 230 Å². The van der Waals surface area contributed by atoms with Crippen LogP contribution in [-0.4, -0.2) is 69.2 Å². The number of nitrogens with one attached hydrogen (secondary N) is 3. The monoisotopic (exact) mass is 557 g/mol. The van der Waals surface area contributed by atoms with Crippen LogP contribution in [0.4, 0.5) is 14.6 Å². The van der Waals surface area contributed by atoms with Crippen LogP contribution in [0.2, 0.25) is 0 Å². The van der Waals surface area contributed by atoms with Crippen molar-refractivity contribution >= 4 is 29.4 Å². The number of fused-ring (bicyclic) bond motifs is 2. The van der Waals surface area contributed by atoms with Crippen LogP contribution in [0.3, 0.4) is 0 Å². The van der Waals surface area contributed by atoms with E-state index >= 15 is 0 Å². The fourth-order valence-electron chi connectivity index (χ4n) is 5.34. The smallest absolute Gasteiger partial charge is 0.272 e. The van der Waals surface area contributed by atoms with Gasteiger partial charge in [-0.2, -0.15) is 5.10 Å². The molecule has 4 amide bonds. The van der Waals surface area contributed by atoms with Crippen LogP contribution < -0.4 is 16.0 Å². The number of benzene rings is 1. The van der Waals surface area contributed by atoms with Crippen molar-refractivity contribution in [2.24, 2.45) is 18.9 Å². The van der Waals surface area contributed by atoms with E-state index in [9.17, 15) is 28.0 Å². The molecular weight excluding hydrogens is 524 g/mol. The van der Waals surface area contributed by atoms with Crippen molar-refractivity contribution < 1.29 is 28.0 Å². The first-order chi connectivity index (χ1) is 19.2. The highest BCUT2D eigenvalue weighted by atomic mass is 19.1. The molecule has 3 heterocycles. The van der Waals surface area contributed by atoms with Gasteiger partial charge in [0, 0.05) is 50.7 Å².